The Morgan fingerprint density at radius 1 is 0.481 bits per heavy atom. The zero-order valence-corrected chi connectivity index (χ0v) is 33.8. The fraction of sp³-hybridized carbons (Fsp3) is 0.348. The van der Waals surface area contributed by atoms with Crippen LogP contribution in [-0.4, -0.2) is 29.5 Å². The van der Waals surface area contributed by atoms with Crippen LogP contribution in [0.3, 0.4) is 0 Å². The number of hydrogen-bond acceptors (Lipinski definition) is 7. The van der Waals surface area contributed by atoms with Gasteiger partial charge in [-0.25, -0.2) is 29.9 Å². The highest BCUT2D eigenvalue weighted by atomic mass is 15.2. The second kappa shape index (κ2) is 13.1. The molecule has 0 aliphatic heterocycles. The smallest absolute Gasteiger partial charge is 0.202 e. The van der Waals surface area contributed by atoms with Gasteiger partial charge in [-0.1, -0.05) is 126 Å². The monoisotopic (exact) mass is 716 g/mol. The average molecular weight is 717 g/mol. The van der Waals surface area contributed by atoms with E-state index in [1.807, 2.05) is 12.1 Å². The lowest BCUT2D eigenvalue weighted by Crippen LogP contribution is -2.18. The molecule has 7 rings (SSSR count). The van der Waals surface area contributed by atoms with Gasteiger partial charge in [0.05, 0.1) is 16.7 Å². The Morgan fingerprint density at radius 2 is 0.981 bits per heavy atom. The minimum Gasteiger partial charge on any atom is -0.337 e. The summed E-state index contributed by atoms with van der Waals surface area (Å²) in [5, 5.41) is 3.49. The van der Waals surface area contributed by atoms with E-state index in [1.54, 1.807) is 0 Å². The first-order chi connectivity index (χ1) is 25.2. The lowest BCUT2D eigenvalue weighted by Gasteiger charge is -2.22. The van der Waals surface area contributed by atoms with Gasteiger partial charge in [-0.05, 0) is 92.4 Å². The summed E-state index contributed by atoms with van der Waals surface area (Å²) in [4.78, 5) is 30.4. The molecule has 54 heavy (non-hydrogen) atoms. The molecule has 0 aliphatic carbocycles. The van der Waals surface area contributed by atoms with Crippen LogP contribution in [0.5, 0.6) is 0 Å². The highest BCUT2D eigenvalue weighted by Crippen LogP contribution is 2.32. The largest absolute Gasteiger partial charge is 0.337 e. The van der Waals surface area contributed by atoms with Crippen LogP contribution in [0.1, 0.15) is 105 Å². The summed E-state index contributed by atoms with van der Waals surface area (Å²) in [5.41, 5.74) is 11.6. The predicted octanol–water partition coefficient (Wildman–Crippen LogP) is 11.1. The Bertz CT molecular complexity index is 2570. The average Bonchev–Trinajstić information content (AvgIpc) is 3.09. The summed E-state index contributed by atoms with van der Waals surface area (Å²) >= 11 is 0. The molecule has 0 radical (unpaired) electrons. The van der Waals surface area contributed by atoms with Gasteiger partial charge in [0.2, 0.25) is 11.3 Å². The maximum atomic E-state index is 5.18. The van der Waals surface area contributed by atoms with Crippen molar-refractivity contribution in [2.75, 3.05) is 5.32 Å². The summed E-state index contributed by atoms with van der Waals surface area (Å²) in [6.45, 7) is 26.6. The van der Waals surface area contributed by atoms with Gasteiger partial charge in [-0.3, -0.25) is 4.57 Å². The zero-order valence-electron chi connectivity index (χ0n) is 33.8. The molecule has 7 aromatic rings. The number of rotatable bonds is 4. The molecule has 0 saturated heterocycles. The van der Waals surface area contributed by atoms with Gasteiger partial charge in [-0.2, -0.15) is 0 Å². The van der Waals surface area contributed by atoms with Crippen molar-refractivity contribution in [3.8, 4) is 5.69 Å². The maximum absolute atomic E-state index is 5.18. The van der Waals surface area contributed by atoms with Crippen molar-refractivity contribution in [2.45, 2.75) is 105 Å². The Hall–Kier alpha value is -5.50. The predicted molar refractivity (Wildman–Crippen MR) is 223 cm³/mol. The van der Waals surface area contributed by atoms with Gasteiger partial charge < -0.3 is 5.32 Å². The molecular formula is C46H52N8. The number of benzene rings is 4. The normalized spacial score (nSPS) is 13.3. The molecule has 276 valence electrons. The van der Waals surface area contributed by atoms with E-state index in [4.69, 9.17) is 29.9 Å². The summed E-state index contributed by atoms with van der Waals surface area (Å²) in [6, 6.07) is 31.8. The second-order valence-electron chi connectivity index (χ2n) is 18.5. The number of anilines is 2. The van der Waals surface area contributed by atoms with E-state index < -0.39 is 0 Å². The van der Waals surface area contributed by atoms with Crippen molar-refractivity contribution in [1.29, 1.82) is 0 Å². The minimum absolute atomic E-state index is 0.0178. The van der Waals surface area contributed by atoms with Crippen LogP contribution in [0, 0.1) is 0 Å². The molecule has 0 amide bonds. The summed E-state index contributed by atoms with van der Waals surface area (Å²) in [6.07, 6.45) is 0. The van der Waals surface area contributed by atoms with Crippen molar-refractivity contribution in [3.05, 3.63) is 119 Å². The topological polar surface area (TPSA) is 93.8 Å². The Balaban J connectivity index is 1.48. The van der Waals surface area contributed by atoms with Crippen LogP contribution in [0.15, 0.2) is 96.0 Å². The van der Waals surface area contributed by atoms with Crippen LogP contribution >= 0.6 is 0 Å². The first-order valence-electron chi connectivity index (χ1n) is 18.8. The molecule has 8 heteroatoms. The molecule has 0 atom stereocenters. The van der Waals surface area contributed by atoms with Crippen LogP contribution in [0.25, 0.3) is 39.3 Å². The van der Waals surface area contributed by atoms with E-state index in [0.717, 1.165) is 28.1 Å². The Kier molecular flexibility index (Phi) is 8.95. The third-order valence-electron chi connectivity index (χ3n) is 9.96. The van der Waals surface area contributed by atoms with Crippen molar-refractivity contribution >= 4 is 50.8 Å². The molecule has 0 aliphatic rings. The van der Waals surface area contributed by atoms with Gasteiger partial charge >= 0.3 is 0 Å². The van der Waals surface area contributed by atoms with E-state index in [2.05, 4.69) is 172 Å². The van der Waals surface area contributed by atoms with Gasteiger partial charge in [0.1, 0.15) is 0 Å². The zero-order chi connectivity index (χ0) is 38.8. The highest BCUT2D eigenvalue weighted by molar-refractivity contribution is 5.89. The number of nitrogens with one attached hydrogen (secondary N) is 1. The SMILES string of the molecule is CC(C)(C)c1ccc(N=c2nc3nc4c(nc5ccc(C(C)(C)C)cc5n4-c4ccc(C(C)(C)C)cc4)nc3nc2Nc2ccc(C(C)(C)C)cc2)cc1. The first kappa shape index (κ1) is 36.8. The van der Waals surface area contributed by atoms with Crippen LogP contribution in [-0.2, 0) is 21.7 Å². The number of nitrogens with zero attached hydrogens (tertiary/aromatic N) is 7. The quantitative estimate of drug-likeness (QED) is 0.182. The fourth-order valence-corrected chi connectivity index (χ4v) is 6.46. The van der Waals surface area contributed by atoms with Crippen molar-refractivity contribution in [3.63, 3.8) is 0 Å². The van der Waals surface area contributed by atoms with Gasteiger partial charge in [0, 0.05) is 11.4 Å². The van der Waals surface area contributed by atoms with Gasteiger partial charge in [0.15, 0.2) is 22.6 Å². The van der Waals surface area contributed by atoms with Gasteiger partial charge in [-0.15, -0.1) is 0 Å². The molecule has 0 unspecified atom stereocenters. The molecule has 3 aromatic heterocycles. The molecule has 4 aromatic carbocycles. The van der Waals surface area contributed by atoms with Gasteiger partial charge in [0.25, 0.3) is 0 Å². The Labute approximate surface area is 318 Å². The Morgan fingerprint density at radius 3 is 1.54 bits per heavy atom. The highest BCUT2D eigenvalue weighted by Gasteiger charge is 2.21. The van der Waals surface area contributed by atoms with E-state index in [0.29, 0.717) is 33.9 Å². The molecule has 0 spiro atoms. The molecule has 0 saturated carbocycles. The summed E-state index contributed by atoms with van der Waals surface area (Å²) in [7, 11) is 0. The van der Waals surface area contributed by atoms with Crippen molar-refractivity contribution < 1.29 is 0 Å². The lowest BCUT2D eigenvalue weighted by molar-refractivity contribution is 0.589. The molecule has 0 bridgehead atoms. The standard InChI is InChI=1S/C46H52N8/c1-43(2,3)28-13-20-32(21-14-28)47-37-38(48-33-22-15-29(16-23-33)44(4,5)6)51-40-39(50-37)52-41-42(53-40)54(34-24-17-30(18-25-34)45(7,8)9)36-27-31(46(10,11)12)19-26-35(36)49-41/h13-27H,1-12H3,(H,47,49,50,52). The van der Waals surface area contributed by atoms with E-state index in [9.17, 15) is 0 Å². The maximum Gasteiger partial charge on any atom is 0.202 e. The van der Waals surface area contributed by atoms with Crippen LogP contribution in [0.2, 0.25) is 0 Å². The summed E-state index contributed by atoms with van der Waals surface area (Å²) in [5.74, 6) is 0.487. The first-order valence-corrected chi connectivity index (χ1v) is 18.8. The fourth-order valence-electron chi connectivity index (χ4n) is 6.46. The molecule has 1 N–H and O–H groups in total. The number of aromatic nitrogens is 6. The van der Waals surface area contributed by atoms with E-state index in [-0.39, 0.29) is 21.7 Å². The van der Waals surface area contributed by atoms with Crippen LogP contribution in [0.4, 0.5) is 17.2 Å². The van der Waals surface area contributed by atoms with Crippen LogP contribution < -0.4 is 10.8 Å². The third-order valence-corrected chi connectivity index (χ3v) is 9.96. The lowest BCUT2D eigenvalue weighted by atomic mass is 9.86. The third kappa shape index (κ3) is 7.47. The molecule has 0 fully saturated rings. The molecule has 8 nitrogen and oxygen atoms in total. The number of hydrogen-bond donors (Lipinski definition) is 1. The van der Waals surface area contributed by atoms with Crippen molar-refractivity contribution in [1.82, 2.24) is 29.5 Å². The second-order valence-corrected chi connectivity index (χ2v) is 18.5. The summed E-state index contributed by atoms with van der Waals surface area (Å²) < 4.78 is 2.15. The van der Waals surface area contributed by atoms with E-state index in [1.165, 1.54) is 22.3 Å². The molecule has 3 heterocycles. The van der Waals surface area contributed by atoms with Crippen molar-refractivity contribution in [2.24, 2.45) is 4.99 Å². The molecular weight excluding hydrogens is 665 g/mol. The number of fused-ring (bicyclic) bond motifs is 3. The van der Waals surface area contributed by atoms with E-state index >= 15 is 0 Å². The minimum atomic E-state index is -0.0600.